The molecule has 5 heteroatoms. The Kier molecular flexibility index (Phi) is 7.96. The van der Waals surface area contributed by atoms with Crippen LogP contribution in [0.5, 0.6) is 0 Å². The molecular formula is C12H23ClN2O2. The van der Waals surface area contributed by atoms with E-state index in [0.29, 0.717) is 37.4 Å². The topological polar surface area (TPSA) is 49.4 Å². The average Bonchev–Trinajstić information content (AvgIpc) is 2.22. The van der Waals surface area contributed by atoms with Crippen molar-refractivity contribution in [2.24, 2.45) is 11.8 Å². The summed E-state index contributed by atoms with van der Waals surface area (Å²) < 4.78 is 0. The molecule has 0 heterocycles. The van der Waals surface area contributed by atoms with Crippen molar-refractivity contribution in [3.05, 3.63) is 0 Å². The first-order valence-electron chi connectivity index (χ1n) is 6.01. The first kappa shape index (κ1) is 16.2. The fourth-order valence-corrected chi connectivity index (χ4v) is 1.60. The van der Waals surface area contributed by atoms with Crippen molar-refractivity contribution < 1.29 is 9.59 Å². The summed E-state index contributed by atoms with van der Waals surface area (Å²) in [6.45, 7) is 9.63. The molecule has 0 aromatic rings. The Morgan fingerprint density at radius 3 is 1.94 bits per heavy atom. The number of carbonyl (C=O) groups is 2. The van der Waals surface area contributed by atoms with E-state index < -0.39 is 11.8 Å². The van der Waals surface area contributed by atoms with Crippen LogP contribution in [-0.2, 0) is 9.59 Å². The molecule has 0 aliphatic rings. The minimum atomic E-state index is -0.563. The third-order valence-electron chi connectivity index (χ3n) is 2.03. The Bertz CT molecular complexity index is 245. The van der Waals surface area contributed by atoms with E-state index >= 15 is 0 Å². The quantitative estimate of drug-likeness (QED) is 0.582. The number of halogens is 1. The van der Waals surface area contributed by atoms with Crippen LogP contribution in [0.15, 0.2) is 0 Å². The summed E-state index contributed by atoms with van der Waals surface area (Å²) in [5.74, 6) is -0.0190. The summed E-state index contributed by atoms with van der Waals surface area (Å²) in [5, 5.41) is 2.50. The lowest BCUT2D eigenvalue weighted by Crippen LogP contribution is -2.46. The number of carbonyl (C=O) groups excluding carboxylic acids is 2. The molecule has 0 radical (unpaired) electrons. The molecule has 0 fully saturated rings. The van der Waals surface area contributed by atoms with E-state index in [9.17, 15) is 9.59 Å². The zero-order chi connectivity index (χ0) is 13.4. The Morgan fingerprint density at radius 2 is 1.59 bits per heavy atom. The van der Waals surface area contributed by atoms with Crippen LogP contribution in [0.25, 0.3) is 0 Å². The Morgan fingerprint density at radius 1 is 1.12 bits per heavy atom. The number of amides is 2. The monoisotopic (exact) mass is 262 g/mol. The van der Waals surface area contributed by atoms with Crippen LogP contribution in [-0.4, -0.2) is 42.2 Å². The number of alkyl halides is 1. The Hall–Kier alpha value is -0.770. The molecular weight excluding hydrogens is 240 g/mol. The van der Waals surface area contributed by atoms with E-state index in [4.69, 9.17) is 11.6 Å². The summed E-state index contributed by atoms with van der Waals surface area (Å²) in [7, 11) is 0. The second-order valence-corrected chi connectivity index (χ2v) is 5.32. The number of hydrogen-bond donors (Lipinski definition) is 1. The van der Waals surface area contributed by atoms with Crippen LogP contribution in [0, 0.1) is 11.8 Å². The highest BCUT2D eigenvalue weighted by Crippen LogP contribution is 2.04. The molecule has 0 aromatic carbocycles. The molecule has 0 unspecified atom stereocenters. The highest BCUT2D eigenvalue weighted by Gasteiger charge is 2.22. The lowest BCUT2D eigenvalue weighted by Gasteiger charge is -2.25. The minimum absolute atomic E-state index is 0.313. The van der Waals surface area contributed by atoms with E-state index in [1.807, 2.05) is 27.7 Å². The molecule has 0 rings (SSSR count). The van der Waals surface area contributed by atoms with Gasteiger partial charge in [0.1, 0.15) is 0 Å². The maximum Gasteiger partial charge on any atom is 0.311 e. The number of rotatable bonds is 6. The van der Waals surface area contributed by atoms with Crippen molar-refractivity contribution in [2.75, 3.05) is 25.5 Å². The Labute approximate surface area is 109 Å². The average molecular weight is 263 g/mol. The van der Waals surface area contributed by atoms with Crippen molar-refractivity contribution in [2.45, 2.75) is 27.7 Å². The van der Waals surface area contributed by atoms with Gasteiger partial charge in [-0.25, -0.2) is 0 Å². The predicted molar refractivity (Wildman–Crippen MR) is 70.0 cm³/mol. The molecule has 100 valence electrons. The molecule has 0 atom stereocenters. The molecule has 0 saturated heterocycles. The molecule has 17 heavy (non-hydrogen) atoms. The van der Waals surface area contributed by atoms with Gasteiger partial charge >= 0.3 is 11.8 Å². The first-order valence-corrected chi connectivity index (χ1v) is 6.55. The van der Waals surface area contributed by atoms with Crippen LogP contribution in [0.3, 0.4) is 0 Å². The van der Waals surface area contributed by atoms with Gasteiger partial charge in [0, 0.05) is 25.5 Å². The summed E-state index contributed by atoms with van der Waals surface area (Å²) >= 11 is 5.46. The number of hydrogen-bond acceptors (Lipinski definition) is 2. The smallest absolute Gasteiger partial charge is 0.311 e. The zero-order valence-electron chi connectivity index (χ0n) is 11.1. The molecule has 0 aromatic heterocycles. The fraction of sp³-hybridized carbons (Fsp3) is 0.833. The van der Waals surface area contributed by atoms with Crippen LogP contribution in [0.1, 0.15) is 27.7 Å². The summed E-state index contributed by atoms with van der Waals surface area (Å²) in [6, 6.07) is 0. The third kappa shape index (κ3) is 7.21. The highest BCUT2D eigenvalue weighted by molar-refractivity contribution is 6.35. The minimum Gasteiger partial charge on any atom is -0.347 e. The van der Waals surface area contributed by atoms with Gasteiger partial charge < -0.3 is 10.2 Å². The lowest BCUT2D eigenvalue weighted by molar-refractivity contribution is -0.146. The second-order valence-electron chi connectivity index (χ2n) is 4.94. The van der Waals surface area contributed by atoms with E-state index in [0.717, 1.165) is 0 Å². The SMILES string of the molecule is CC(C)CN(CC(C)C)C(=O)C(=O)NCCCl. The van der Waals surface area contributed by atoms with Crippen molar-refractivity contribution in [1.82, 2.24) is 10.2 Å². The maximum atomic E-state index is 11.9. The van der Waals surface area contributed by atoms with Crippen molar-refractivity contribution >= 4 is 23.4 Å². The molecule has 1 N–H and O–H groups in total. The maximum absolute atomic E-state index is 11.9. The highest BCUT2D eigenvalue weighted by atomic mass is 35.5. The fourth-order valence-electron chi connectivity index (χ4n) is 1.50. The summed E-state index contributed by atoms with van der Waals surface area (Å²) in [5.41, 5.74) is 0. The van der Waals surface area contributed by atoms with Crippen LogP contribution >= 0.6 is 11.6 Å². The van der Waals surface area contributed by atoms with E-state index in [2.05, 4.69) is 5.32 Å². The van der Waals surface area contributed by atoms with Gasteiger partial charge in [0.05, 0.1) is 0 Å². The number of nitrogens with one attached hydrogen (secondary N) is 1. The van der Waals surface area contributed by atoms with Gasteiger partial charge in [-0.15, -0.1) is 11.6 Å². The van der Waals surface area contributed by atoms with Gasteiger partial charge in [0.2, 0.25) is 0 Å². The van der Waals surface area contributed by atoms with Gasteiger partial charge in [0.15, 0.2) is 0 Å². The molecule has 2 amide bonds. The Balaban J connectivity index is 4.45. The van der Waals surface area contributed by atoms with Gasteiger partial charge in [-0.2, -0.15) is 0 Å². The first-order chi connectivity index (χ1) is 7.88. The second kappa shape index (κ2) is 8.34. The van der Waals surface area contributed by atoms with Crippen LogP contribution in [0.2, 0.25) is 0 Å². The third-order valence-corrected chi connectivity index (χ3v) is 2.22. The van der Waals surface area contributed by atoms with E-state index in [1.165, 1.54) is 0 Å². The zero-order valence-corrected chi connectivity index (χ0v) is 11.9. The standard InChI is InChI=1S/C12H23ClN2O2/c1-9(2)7-15(8-10(3)4)12(17)11(16)14-6-5-13/h9-10H,5-8H2,1-4H3,(H,14,16). The summed E-state index contributed by atoms with van der Waals surface area (Å²) in [6.07, 6.45) is 0. The van der Waals surface area contributed by atoms with E-state index in [-0.39, 0.29) is 0 Å². The van der Waals surface area contributed by atoms with Crippen molar-refractivity contribution in [1.29, 1.82) is 0 Å². The van der Waals surface area contributed by atoms with Gasteiger partial charge in [-0.05, 0) is 11.8 Å². The molecule has 0 bridgehead atoms. The van der Waals surface area contributed by atoms with Gasteiger partial charge in [-0.3, -0.25) is 9.59 Å². The summed E-state index contributed by atoms with van der Waals surface area (Å²) in [4.78, 5) is 25.0. The van der Waals surface area contributed by atoms with Crippen LogP contribution in [0.4, 0.5) is 0 Å². The van der Waals surface area contributed by atoms with E-state index in [1.54, 1.807) is 4.90 Å². The molecule has 4 nitrogen and oxygen atoms in total. The van der Waals surface area contributed by atoms with Gasteiger partial charge in [0.25, 0.3) is 0 Å². The predicted octanol–water partition coefficient (Wildman–Crippen LogP) is 1.48. The normalized spacial score (nSPS) is 10.8. The van der Waals surface area contributed by atoms with Crippen LogP contribution < -0.4 is 5.32 Å². The van der Waals surface area contributed by atoms with Gasteiger partial charge in [-0.1, -0.05) is 27.7 Å². The van der Waals surface area contributed by atoms with Crippen molar-refractivity contribution in [3.8, 4) is 0 Å². The molecule has 0 spiro atoms. The number of nitrogens with zero attached hydrogens (tertiary/aromatic N) is 1. The largest absolute Gasteiger partial charge is 0.347 e. The molecule has 0 aliphatic carbocycles. The lowest BCUT2D eigenvalue weighted by atomic mass is 10.1. The molecule has 0 aliphatic heterocycles. The molecule has 0 saturated carbocycles. The van der Waals surface area contributed by atoms with Crippen molar-refractivity contribution in [3.63, 3.8) is 0 Å².